The smallest absolute Gasteiger partial charge is 0.242 e. The zero-order valence-corrected chi connectivity index (χ0v) is 20.4. The van der Waals surface area contributed by atoms with Gasteiger partial charge >= 0.3 is 0 Å². The van der Waals surface area contributed by atoms with Crippen molar-refractivity contribution < 1.29 is 9.59 Å². The Bertz CT molecular complexity index is 895. The molecule has 0 aromatic heterocycles. The normalized spacial score (nSPS) is 12.2. The second-order valence-electron chi connectivity index (χ2n) is 8.49. The first-order valence-electron chi connectivity index (χ1n) is 10.7. The zero-order valence-electron chi connectivity index (χ0n) is 18.9. The van der Waals surface area contributed by atoms with Crippen LogP contribution < -0.4 is 5.32 Å². The summed E-state index contributed by atoms with van der Waals surface area (Å²) in [4.78, 5) is 27.4. The second-order valence-corrected chi connectivity index (χ2v) is 9.34. The van der Waals surface area contributed by atoms with Crippen molar-refractivity contribution in [1.29, 1.82) is 0 Å². The highest BCUT2D eigenvalue weighted by molar-refractivity contribution is 6.35. The van der Waals surface area contributed by atoms with Gasteiger partial charge in [0.2, 0.25) is 11.8 Å². The molecule has 0 spiro atoms. The number of carbonyl (C=O) groups excluding carboxylic acids is 2. The lowest BCUT2D eigenvalue weighted by atomic mass is 10.00. The van der Waals surface area contributed by atoms with E-state index in [1.165, 1.54) is 5.56 Å². The summed E-state index contributed by atoms with van der Waals surface area (Å²) >= 11 is 12.3. The Morgan fingerprint density at radius 3 is 2.16 bits per heavy atom. The van der Waals surface area contributed by atoms with Crippen LogP contribution in [0.3, 0.4) is 0 Å². The summed E-state index contributed by atoms with van der Waals surface area (Å²) in [5.74, 6) is 0.190. The second kappa shape index (κ2) is 11.5. The predicted octanol–water partition coefficient (Wildman–Crippen LogP) is 5.99. The van der Waals surface area contributed by atoms with Crippen molar-refractivity contribution in [2.45, 2.75) is 72.0 Å². The van der Waals surface area contributed by atoms with E-state index in [9.17, 15) is 9.59 Å². The van der Waals surface area contributed by atoms with Gasteiger partial charge in [0.15, 0.2) is 0 Å². The van der Waals surface area contributed by atoms with Crippen LogP contribution in [-0.4, -0.2) is 28.8 Å². The lowest BCUT2D eigenvalue weighted by molar-refractivity contribution is -0.140. The quantitative estimate of drug-likeness (QED) is 0.497. The maximum atomic E-state index is 13.2. The van der Waals surface area contributed by atoms with Gasteiger partial charge in [-0.3, -0.25) is 9.59 Å². The molecule has 0 aliphatic carbocycles. The van der Waals surface area contributed by atoms with E-state index in [-0.39, 0.29) is 24.4 Å². The third-order valence-corrected chi connectivity index (χ3v) is 5.81. The Balaban J connectivity index is 2.17. The van der Waals surface area contributed by atoms with E-state index in [0.29, 0.717) is 28.8 Å². The number of nitrogens with one attached hydrogen (secondary N) is 1. The van der Waals surface area contributed by atoms with E-state index < -0.39 is 6.04 Å². The molecule has 2 aromatic rings. The fraction of sp³-hybridized carbons (Fsp3) is 0.440. The van der Waals surface area contributed by atoms with E-state index >= 15 is 0 Å². The lowest BCUT2D eigenvalue weighted by Gasteiger charge is -2.30. The molecule has 2 amide bonds. The van der Waals surface area contributed by atoms with Crippen LogP contribution in [0.4, 0.5) is 0 Å². The molecule has 2 aromatic carbocycles. The summed E-state index contributed by atoms with van der Waals surface area (Å²) in [6, 6.07) is 12.9. The molecular weight excluding hydrogens is 431 g/mol. The van der Waals surface area contributed by atoms with Crippen LogP contribution in [0.15, 0.2) is 42.5 Å². The molecule has 0 saturated heterocycles. The van der Waals surface area contributed by atoms with Crippen molar-refractivity contribution in [1.82, 2.24) is 10.2 Å². The molecule has 168 valence electrons. The summed E-state index contributed by atoms with van der Waals surface area (Å²) in [5, 5.41) is 3.90. The summed E-state index contributed by atoms with van der Waals surface area (Å²) in [6.07, 6.45) is 0.923. The minimum Gasteiger partial charge on any atom is -0.352 e. The average molecular weight is 463 g/mol. The molecule has 0 saturated carbocycles. The molecular formula is C25H32Cl2N2O2. The molecule has 31 heavy (non-hydrogen) atoms. The predicted molar refractivity (Wildman–Crippen MR) is 129 cm³/mol. The van der Waals surface area contributed by atoms with Gasteiger partial charge in [-0.25, -0.2) is 0 Å². The Kier molecular flexibility index (Phi) is 9.39. The Morgan fingerprint density at radius 2 is 1.61 bits per heavy atom. The van der Waals surface area contributed by atoms with E-state index in [0.717, 1.165) is 11.1 Å². The summed E-state index contributed by atoms with van der Waals surface area (Å²) in [7, 11) is 0. The van der Waals surface area contributed by atoms with Crippen LogP contribution in [0.25, 0.3) is 0 Å². The highest BCUT2D eigenvalue weighted by atomic mass is 35.5. The fourth-order valence-corrected chi connectivity index (χ4v) is 3.75. The molecule has 1 atom stereocenters. The molecule has 0 bridgehead atoms. The van der Waals surface area contributed by atoms with Gasteiger partial charge in [0.25, 0.3) is 0 Å². The maximum absolute atomic E-state index is 13.2. The minimum absolute atomic E-state index is 0.00880. The molecule has 0 fully saturated rings. The van der Waals surface area contributed by atoms with Gasteiger partial charge in [0.05, 0.1) is 0 Å². The number of hydrogen-bond acceptors (Lipinski definition) is 2. The maximum Gasteiger partial charge on any atom is 0.242 e. The van der Waals surface area contributed by atoms with Crippen LogP contribution in [0.2, 0.25) is 10.0 Å². The van der Waals surface area contributed by atoms with Gasteiger partial charge in [-0.05, 0) is 61.9 Å². The third kappa shape index (κ3) is 7.55. The van der Waals surface area contributed by atoms with Crippen LogP contribution in [0.5, 0.6) is 0 Å². The summed E-state index contributed by atoms with van der Waals surface area (Å²) < 4.78 is 0. The van der Waals surface area contributed by atoms with Crippen LogP contribution in [0.1, 0.15) is 63.6 Å². The van der Waals surface area contributed by atoms with Crippen LogP contribution >= 0.6 is 23.2 Å². The molecule has 0 unspecified atom stereocenters. The van der Waals surface area contributed by atoms with Gasteiger partial charge in [0, 0.05) is 29.1 Å². The van der Waals surface area contributed by atoms with Crippen molar-refractivity contribution in [3.8, 4) is 0 Å². The van der Waals surface area contributed by atoms with Crippen LogP contribution in [-0.2, 0) is 22.6 Å². The van der Waals surface area contributed by atoms with E-state index in [1.807, 2.05) is 13.8 Å². The molecule has 0 heterocycles. The number of amides is 2. The van der Waals surface area contributed by atoms with E-state index in [2.05, 4.69) is 43.4 Å². The molecule has 4 nitrogen and oxygen atoms in total. The van der Waals surface area contributed by atoms with Gasteiger partial charge in [0.1, 0.15) is 6.04 Å². The average Bonchev–Trinajstić information content (AvgIpc) is 2.70. The molecule has 0 aliphatic rings. The molecule has 0 radical (unpaired) electrons. The van der Waals surface area contributed by atoms with Crippen molar-refractivity contribution in [2.24, 2.45) is 0 Å². The minimum atomic E-state index is -0.620. The Morgan fingerprint density at radius 1 is 0.968 bits per heavy atom. The molecule has 6 heteroatoms. The number of carbonyl (C=O) groups is 2. The fourth-order valence-electron chi connectivity index (χ4n) is 3.29. The Labute approximate surface area is 195 Å². The zero-order chi connectivity index (χ0) is 23.1. The molecule has 1 N–H and O–H groups in total. The monoisotopic (exact) mass is 462 g/mol. The van der Waals surface area contributed by atoms with Crippen LogP contribution in [0, 0.1) is 0 Å². The van der Waals surface area contributed by atoms with Gasteiger partial charge in [-0.15, -0.1) is 0 Å². The van der Waals surface area contributed by atoms with Crippen molar-refractivity contribution in [3.05, 3.63) is 69.2 Å². The van der Waals surface area contributed by atoms with Gasteiger partial charge in [-0.1, -0.05) is 67.4 Å². The number of benzene rings is 2. The lowest BCUT2D eigenvalue weighted by Crippen LogP contribution is -2.49. The topological polar surface area (TPSA) is 49.4 Å². The molecule has 0 aliphatic heterocycles. The largest absolute Gasteiger partial charge is 0.352 e. The Hall–Kier alpha value is -2.04. The van der Waals surface area contributed by atoms with Gasteiger partial charge in [-0.2, -0.15) is 0 Å². The van der Waals surface area contributed by atoms with Gasteiger partial charge < -0.3 is 10.2 Å². The first-order chi connectivity index (χ1) is 14.6. The number of aryl methyl sites for hydroxylation is 1. The highest BCUT2D eigenvalue weighted by Crippen LogP contribution is 2.24. The number of rotatable bonds is 9. The summed E-state index contributed by atoms with van der Waals surface area (Å²) in [6.45, 7) is 10.1. The van der Waals surface area contributed by atoms with Crippen molar-refractivity contribution in [3.63, 3.8) is 0 Å². The van der Waals surface area contributed by atoms with E-state index in [1.54, 1.807) is 30.0 Å². The number of halogens is 2. The number of nitrogens with zero attached hydrogens (tertiary/aromatic N) is 1. The van der Waals surface area contributed by atoms with Crippen molar-refractivity contribution >= 4 is 35.0 Å². The first kappa shape index (κ1) is 25.2. The SMILES string of the molecule is CC(C)NC(=O)[C@@H](C)N(Cc1ccc(Cl)cc1Cl)C(=O)CCc1ccc(C(C)C)cc1. The van der Waals surface area contributed by atoms with E-state index in [4.69, 9.17) is 23.2 Å². The molecule has 2 rings (SSSR count). The summed E-state index contributed by atoms with van der Waals surface area (Å²) in [5.41, 5.74) is 3.12. The first-order valence-corrected chi connectivity index (χ1v) is 11.5. The third-order valence-electron chi connectivity index (χ3n) is 5.23. The highest BCUT2D eigenvalue weighted by Gasteiger charge is 2.27. The standard InChI is InChI=1S/C25H32Cl2N2O2/c1-16(2)20-9-6-19(7-10-20)8-13-24(30)29(18(5)25(31)28-17(3)4)15-21-11-12-22(26)14-23(21)27/h6-7,9-12,14,16-18H,8,13,15H2,1-5H3,(H,28,31)/t18-/m1/s1. The number of hydrogen-bond donors (Lipinski definition) is 1. The van der Waals surface area contributed by atoms with Crippen molar-refractivity contribution in [2.75, 3.05) is 0 Å².